The lowest BCUT2D eigenvalue weighted by Crippen LogP contribution is -2.58. The van der Waals surface area contributed by atoms with Crippen molar-refractivity contribution in [3.05, 3.63) is 52.2 Å². The minimum Gasteiger partial charge on any atom is -0.497 e. The minimum absolute atomic E-state index is 0.0288. The Morgan fingerprint density at radius 1 is 1.25 bits per heavy atom. The molecule has 28 heavy (non-hydrogen) atoms. The van der Waals surface area contributed by atoms with Crippen LogP contribution < -0.4 is 15.2 Å². The van der Waals surface area contributed by atoms with Crippen molar-refractivity contribution in [1.82, 2.24) is 14.9 Å². The van der Waals surface area contributed by atoms with E-state index in [0.717, 1.165) is 18.5 Å². The van der Waals surface area contributed by atoms with Gasteiger partial charge in [0, 0.05) is 37.0 Å². The highest BCUT2D eigenvalue weighted by Crippen LogP contribution is 2.37. The van der Waals surface area contributed by atoms with Gasteiger partial charge in [-0.25, -0.2) is 4.98 Å². The van der Waals surface area contributed by atoms with E-state index in [1.165, 1.54) is 11.1 Å². The zero-order valence-electron chi connectivity index (χ0n) is 15.8. The fraction of sp³-hybridized carbons (Fsp3) is 0.400. The second-order valence-electron chi connectivity index (χ2n) is 7.15. The molecule has 0 radical (unpaired) electrons. The Labute approximate surface area is 162 Å². The summed E-state index contributed by atoms with van der Waals surface area (Å²) in [5.41, 5.74) is 0.243. The Kier molecular flexibility index (Phi) is 4.62. The SMILES string of the molecule is COc1cccc(N2CCN(C(=O)c3cnc(C4CC4)[nH]c3=O)[C@@H](C)C2=O)c1. The monoisotopic (exact) mass is 382 g/mol. The van der Waals surface area contributed by atoms with E-state index in [9.17, 15) is 14.4 Å². The van der Waals surface area contributed by atoms with Gasteiger partial charge in [-0.1, -0.05) is 6.07 Å². The highest BCUT2D eigenvalue weighted by Gasteiger charge is 2.36. The minimum atomic E-state index is -0.685. The predicted molar refractivity (Wildman–Crippen MR) is 103 cm³/mol. The van der Waals surface area contributed by atoms with Crippen LogP contribution in [-0.4, -0.2) is 52.9 Å². The smallest absolute Gasteiger partial charge is 0.263 e. The van der Waals surface area contributed by atoms with Gasteiger partial charge in [0.2, 0.25) is 5.91 Å². The molecule has 1 N–H and O–H groups in total. The summed E-state index contributed by atoms with van der Waals surface area (Å²) in [6.07, 6.45) is 3.35. The summed E-state index contributed by atoms with van der Waals surface area (Å²) in [5.74, 6) is 0.913. The molecule has 1 aromatic heterocycles. The molecular formula is C20H22N4O4. The van der Waals surface area contributed by atoms with Gasteiger partial charge in [0.15, 0.2) is 0 Å². The van der Waals surface area contributed by atoms with Crippen LogP contribution in [0.25, 0.3) is 0 Å². The third-order valence-corrected chi connectivity index (χ3v) is 5.29. The zero-order valence-corrected chi connectivity index (χ0v) is 15.8. The van der Waals surface area contributed by atoms with Gasteiger partial charge in [-0.3, -0.25) is 14.4 Å². The number of hydrogen-bond donors (Lipinski definition) is 1. The van der Waals surface area contributed by atoms with E-state index >= 15 is 0 Å². The molecule has 2 heterocycles. The van der Waals surface area contributed by atoms with Crippen LogP contribution in [-0.2, 0) is 4.79 Å². The number of aromatic nitrogens is 2. The van der Waals surface area contributed by atoms with Crippen LogP contribution in [0.2, 0.25) is 0 Å². The molecule has 1 aliphatic carbocycles. The number of H-pyrrole nitrogens is 1. The Hall–Kier alpha value is -3.16. The third kappa shape index (κ3) is 3.26. The van der Waals surface area contributed by atoms with E-state index in [4.69, 9.17) is 4.74 Å². The van der Waals surface area contributed by atoms with Crippen molar-refractivity contribution in [1.29, 1.82) is 0 Å². The van der Waals surface area contributed by atoms with E-state index in [-0.39, 0.29) is 11.5 Å². The number of rotatable bonds is 4. The van der Waals surface area contributed by atoms with Gasteiger partial charge in [0.1, 0.15) is 23.2 Å². The van der Waals surface area contributed by atoms with E-state index in [0.29, 0.717) is 30.6 Å². The van der Waals surface area contributed by atoms with Crippen molar-refractivity contribution in [2.45, 2.75) is 31.7 Å². The van der Waals surface area contributed by atoms with Gasteiger partial charge < -0.3 is 19.5 Å². The molecule has 1 aromatic carbocycles. The fourth-order valence-electron chi connectivity index (χ4n) is 3.46. The number of amides is 2. The van der Waals surface area contributed by atoms with Crippen LogP contribution in [0.5, 0.6) is 5.75 Å². The van der Waals surface area contributed by atoms with Crippen LogP contribution in [0.15, 0.2) is 35.3 Å². The second kappa shape index (κ2) is 7.10. The maximum Gasteiger partial charge on any atom is 0.263 e. The molecule has 2 aliphatic rings. The zero-order chi connectivity index (χ0) is 19.8. The number of benzene rings is 1. The maximum atomic E-state index is 12.9. The quantitative estimate of drug-likeness (QED) is 0.865. The first-order valence-electron chi connectivity index (χ1n) is 9.35. The summed E-state index contributed by atoms with van der Waals surface area (Å²) in [6, 6.07) is 6.55. The molecule has 0 bridgehead atoms. The summed E-state index contributed by atoms with van der Waals surface area (Å²) >= 11 is 0. The van der Waals surface area contributed by atoms with Crippen molar-refractivity contribution >= 4 is 17.5 Å². The van der Waals surface area contributed by atoms with E-state index in [1.807, 2.05) is 18.2 Å². The highest BCUT2D eigenvalue weighted by atomic mass is 16.5. The Bertz CT molecular complexity index is 982. The molecule has 146 valence electrons. The van der Waals surface area contributed by atoms with Crippen LogP contribution >= 0.6 is 0 Å². The molecule has 1 saturated carbocycles. The average molecular weight is 382 g/mol. The van der Waals surface area contributed by atoms with Crippen molar-refractivity contribution in [3.63, 3.8) is 0 Å². The standard InChI is InChI=1S/C20H22N4O4/c1-12-19(26)24(14-4-3-5-15(10-14)28-2)9-8-23(12)20(27)16-11-21-17(13-6-7-13)22-18(16)25/h3-5,10-13H,6-9H2,1-2H3,(H,21,22,25)/t12-/m0/s1. The Morgan fingerprint density at radius 2 is 2.04 bits per heavy atom. The molecule has 8 heteroatoms. The van der Waals surface area contributed by atoms with Crippen molar-refractivity contribution in [2.75, 3.05) is 25.1 Å². The first-order chi connectivity index (χ1) is 13.5. The summed E-state index contributed by atoms with van der Waals surface area (Å²) in [5, 5.41) is 0. The highest BCUT2D eigenvalue weighted by molar-refractivity contribution is 6.03. The van der Waals surface area contributed by atoms with Crippen LogP contribution in [0.3, 0.4) is 0 Å². The van der Waals surface area contributed by atoms with E-state index in [1.54, 1.807) is 25.0 Å². The number of aromatic amines is 1. The average Bonchev–Trinajstić information content (AvgIpc) is 3.55. The largest absolute Gasteiger partial charge is 0.497 e. The first-order valence-corrected chi connectivity index (χ1v) is 9.35. The summed E-state index contributed by atoms with van der Waals surface area (Å²) in [4.78, 5) is 48.1. The molecule has 2 fully saturated rings. The molecule has 1 atom stereocenters. The normalized spacial score (nSPS) is 19.6. The van der Waals surface area contributed by atoms with Gasteiger partial charge >= 0.3 is 0 Å². The number of ether oxygens (including phenoxy) is 1. The number of piperazine rings is 1. The second-order valence-corrected chi connectivity index (χ2v) is 7.15. The molecule has 8 nitrogen and oxygen atoms in total. The summed E-state index contributed by atoms with van der Waals surface area (Å²) in [7, 11) is 1.57. The van der Waals surface area contributed by atoms with Gasteiger partial charge in [0.25, 0.3) is 11.5 Å². The van der Waals surface area contributed by atoms with Crippen molar-refractivity contribution in [3.8, 4) is 5.75 Å². The fourth-order valence-corrected chi connectivity index (χ4v) is 3.46. The molecule has 4 rings (SSSR count). The van der Waals surface area contributed by atoms with Crippen LogP contribution in [0.4, 0.5) is 5.69 Å². The summed E-state index contributed by atoms with van der Waals surface area (Å²) < 4.78 is 5.22. The van der Waals surface area contributed by atoms with Gasteiger partial charge in [0.05, 0.1) is 7.11 Å². The topological polar surface area (TPSA) is 95.6 Å². The summed E-state index contributed by atoms with van der Waals surface area (Å²) in [6.45, 7) is 2.34. The number of nitrogens with zero attached hydrogens (tertiary/aromatic N) is 3. The number of nitrogens with one attached hydrogen (secondary N) is 1. The van der Waals surface area contributed by atoms with Gasteiger partial charge in [-0.2, -0.15) is 0 Å². The molecular weight excluding hydrogens is 360 g/mol. The number of hydrogen-bond acceptors (Lipinski definition) is 5. The van der Waals surface area contributed by atoms with Crippen molar-refractivity contribution < 1.29 is 14.3 Å². The number of methoxy groups -OCH3 is 1. The Morgan fingerprint density at radius 3 is 2.71 bits per heavy atom. The Balaban J connectivity index is 1.53. The lowest BCUT2D eigenvalue weighted by molar-refractivity contribution is -0.124. The van der Waals surface area contributed by atoms with E-state index < -0.39 is 17.5 Å². The number of anilines is 1. The molecule has 1 aliphatic heterocycles. The molecule has 2 amide bonds. The molecule has 2 aromatic rings. The van der Waals surface area contributed by atoms with Gasteiger partial charge in [-0.15, -0.1) is 0 Å². The van der Waals surface area contributed by atoms with Crippen LogP contribution in [0.1, 0.15) is 41.9 Å². The lowest BCUT2D eigenvalue weighted by atomic mass is 10.1. The van der Waals surface area contributed by atoms with Crippen LogP contribution in [0, 0.1) is 0 Å². The number of carbonyl (C=O) groups excluding carboxylic acids is 2. The molecule has 1 saturated heterocycles. The van der Waals surface area contributed by atoms with Gasteiger partial charge in [-0.05, 0) is 31.9 Å². The lowest BCUT2D eigenvalue weighted by Gasteiger charge is -2.39. The third-order valence-electron chi connectivity index (χ3n) is 5.29. The predicted octanol–water partition coefficient (Wildman–Crippen LogP) is 1.53. The van der Waals surface area contributed by atoms with Crippen molar-refractivity contribution in [2.24, 2.45) is 0 Å². The first kappa shape index (κ1) is 18.2. The van der Waals surface area contributed by atoms with E-state index in [2.05, 4.69) is 9.97 Å². The number of carbonyl (C=O) groups is 2. The molecule has 0 unspecified atom stereocenters. The molecule has 0 spiro atoms. The maximum absolute atomic E-state index is 12.9.